The Morgan fingerprint density at radius 3 is 2.48 bits per heavy atom. The van der Waals surface area contributed by atoms with Crippen LogP contribution in [0.25, 0.3) is 0 Å². The predicted octanol–water partition coefficient (Wildman–Crippen LogP) is 3.20. The summed E-state index contributed by atoms with van der Waals surface area (Å²) in [6.45, 7) is 2.03. The van der Waals surface area contributed by atoms with Crippen LogP contribution < -0.4 is 9.47 Å². The van der Waals surface area contributed by atoms with Gasteiger partial charge in [-0.25, -0.2) is 0 Å². The van der Waals surface area contributed by atoms with E-state index in [0.717, 1.165) is 11.1 Å². The minimum absolute atomic E-state index is 0.312. The van der Waals surface area contributed by atoms with Gasteiger partial charge in [-0.3, -0.25) is 0 Å². The number of methoxy groups -OCH3 is 1. The summed E-state index contributed by atoms with van der Waals surface area (Å²) >= 11 is 0. The Morgan fingerprint density at radius 1 is 1.19 bits per heavy atom. The Balaban J connectivity index is 2.10. The molecule has 4 nitrogen and oxygen atoms in total. The van der Waals surface area contributed by atoms with Crippen molar-refractivity contribution in [2.24, 2.45) is 0 Å². The molecular weight excluding hydrogens is 266 g/mol. The lowest BCUT2D eigenvalue weighted by Gasteiger charge is -2.11. The van der Waals surface area contributed by atoms with E-state index in [1.54, 1.807) is 32.2 Å². The van der Waals surface area contributed by atoms with Crippen molar-refractivity contribution in [2.45, 2.75) is 19.6 Å². The van der Waals surface area contributed by atoms with Gasteiger partial charge in [0, 0.05) is 5.56 Å². The first kappa shape index (κ1) is 14.9. The van der Waals surface area contributed by atoms with Crippen molar-refractivity contribution in [1.29, 1.82) is 5.26 Å². The Bertz CT molecular complexity index is 642. The van der Waals surface area contributed by atoms with Crippen LogP contribution in [0.15, 0.2) is 42.5 Å². The highest BCUT2D eigenvalue weighted by atomic mass is 16.5. The molecule has 0 unspecified atom stereocenters. The minimum Gasteiger partial charge on any atom is -0.496 e. The molecule has 0 fully saturated rings. The van der Waals surface area contributed by atoms with Gasteiger partial charge in [0.2, 0.25) is 0 Å². The van der Waals surface area contributed by atoms with Gasteiger partial charge in [0.1, 0.15) is 18.1 Å². The first-order chi connectivity index (χ1) is 10.1. The fourth-order valence-corrected chi connectivity index (χ4v) is 1.96. The largest absolute Gasteiger partial charge is 0.496 e. The fraction of sp³-hybridized carbons (Fsp3) is 0.235. The number of benzene rings is 2. The van der Waals surface area contributed by atoms with Crippen molar-refractivity contribution < 1.29 is 14.6 Å². The van der Waals surface area contributed by atoms with Crippen LogP contribution in [-0.4, -0.2) is 12.2 Å². The molecule has 0 saturated heterocycles. The molecule has 1 N–H and O–H groups in total. The van der Waals surface area contributed by atoms with Crippen LogP contribution in [0.4, 0.5) is 0 Å². The summed E-state index contributed by atoms with van der Waals surface area (Å²) in [7, 11) is 1.59. The topological polar surface area (TPSA) is 62.5 Å². The fourth-order valence-electron chi connectivity index (χ4n) is 1.96. The van der Waals surface area contributed by atoms with Crippen molar-refractivity contribution in [2.75, 3.05) is 7.11 Å². The highest BCUT2D eigenvalue weighted by Crippen LogP contribution is 2.23. The van der Waals surface area contributed by atoms with Gasteiger partial charge in [0.05, 0.1) is 24.8 Å². The molecular formula is C17H17NO3. The van der Waals surface area contributed by atoms with Gasteiger partial charge in [0.25, 0.3) is 0 Å². The monoisotopic (exact) mass is 283 g/mol. The van der Waals surface area contributed by atoms with Gasteiger partial charge in [-0.2, -0.15) is 5.26 Å². The average Bonchev–Trinajstić information content (AvgIpc) is 2.52. The molecule has 0 aliphatic carbocycles. The quantitative estimate of drug-likeness (QED) is 0.915. The molecule has 108 valence electrons. The normalized spacial score (nSPS) is 11.5. The zero-order chi connectivity index (χ0) is 15.2. The lowest BCUT2D eigenvalue weighted by atomic mass is 10.1. The maximum atomic E-state index is 9.46. The van der Waals surface area contributed by atoms with E-state index in [-0.39, 0.29) is 0 Å². The highest BCUT2D eigenvalue weighted by Gasteiger charge is 2.06. The van der Waals surface area contributed by atoms with E-state index in [0.29, 0.717) is 23.7 Å². The second-order valence-electron chi connectivity index (χ2n) is 4.67. The van der Waals surface area contributed by atoms with Crippen LogP contribution >= 0.6 is 0 Å². The van der Waals surface area contributed by atoms with Crippen LogP contribution in [0.1, 0.15) is 29.7 Å². The average molecular weight is 283 g/mol. The van der Waals surface area contributed by atoms with Crippen molar-refractivity contribution in [3.63, 3.8) is 0 Å². The number of aliphatic hydroxyl groups excluding tert-OH is 1. The molecule has 0 amide bonds. The third-order valence-corrected chi connectivity index (χ3v) is 3.17. The summed E-state index contributed by atoms with van der Waals surface area (Å²) < 4.78 is 11.0. The van der Waals surface area contributed by atoms with Crippen LogP contribution in [0.5, 0.6) is 11.5 Å². The smallest absolute Gasteiger partial charge is 0.125 e. The number of aliphatic hydroxyl groups is 1. The predicted molar refractivity (Wildman–Crippen MR) is 79.1 cm³/mol. The van der Waals surface area contributed by atoms with Gasteiger partial charge in [-0.15, -0.1) is 0 Å². The SMILES string of the molecule is COc1ccc(C#N)cc1COc1ccc([C@@H](C)O)cc1. The Kier molecular flexibility index (Phi) is 4.81. The van der Waals surface area contributed by atoms with Crippen molar-refractivity contribution in [3.8, 4) is 17.6 Å². The summed E-state index contributed by atoms with van der Waals surface area (Å²) in [5.74, 6) is 1.39. The molecule has 4 heteroatoms. The summed E-state index contributed by atoms with van der Waals surface area (Å²) in [4.78, 5) is 0. The number of hydrogen-bond acceptors (Lipinski definition) is 4. The van der Waals surface area contributed by atoms with Crippen molar-refractivity contribution in [3.05, 3.63) is 59.2 Å². The molecule has 0 aliphatic heterocycles. The van der Waals surface area contributed by atoms with Crippen LogP contribution in [0.3, 0.4) is 0 Å². The number of hydrogen-bond donors (Lipinski definition) is 1. The molecule has 0 spiro atoms. The molecule has 0 bridgehead atoms. The van der Waals surface area contributed by atoms with Gasteiger partial charge >= 0.3 is 0 Å². The lowest BCUT2D eigenvalue weighted by Crippen LogP contribution is -2.00. The molecule has 0 saturated carbocycles. The first-order valence-electron chi connectivity index (χ1n) is 6.62. The molecule has 0 heterocycles. The van der Waals surface area contributed by atoms with Gasteiger partial charge in [-0.05, 0) is 42.8 Å². The minimum atomic E-state index is -0.494. The van der Waals surface area contributed by atoms with E-state index in [9.17, 15) is 5.11 Å². The lowest BCUT2D eigenvalue weighted by molar-refractivity contribution is 0.199. The maximum Gasteiger partial charge on any atom is 0.125 e. The van der Waals surface area contributed by atoms with Crippen molar-refractivity contribution in [1.82, 2.24) is 0 Å². The van der Waals surface area contributed by atoms with E-state index in [1.165, 1.54) is 0 Å². The number of ether oxygens (including phenoxy) is 2. The Labute approximate surface area is 124 Å². The molecule has 0 aromatic heterocycles. The molecule has 1 atom stereocenters. The van der Waals surface area contributed by atoms with Crippen LogP contribution in [-0.2, 0) is 6.61 Å². The van der Waals surface area contributed by atoms with E-state index >= 15 is 0 Å². The van der Waals surface area contributed by atoms with Crippen molar-refractivity contribution >= 4 is 0 Å². The van der Waals surface area contributed by atoms with E-state index < -0.39 is 6.10 Å². The maximum absolute atomic E-state index is 9.46. The van der Waals surface area contributed by atoms with E-state index in [4.69, 9.17) is 14.7 Å². The zero-order valence-corrected chi connectivity index (χ0v) is 12.0. The van der Waals surface area contributed by atoms with Crippen LogP contribution in [0, 0.1) is 11.3 Å². The van der Waals surface area contributed by atoms with Gasteiger partial charge < -0.3 is 14.6 Å². The van der Waals surface area contributed by atoms with E-state index in [1.807, 2.05) is 24.3 Å². The second-order valence-corrected chi connectivity index (χ2v) is 4.67. The number of nitriles is 1. The summed E-state index contributed by atoms with van der Waals surface area (Å²) in [6.07, 6.45) is -0.494. The Hall–Kier alpha value is -2.51. The Morgan fingerprint density at radius 2 is 1.90 bits per heavy atom. The van der Waals surface area contributed by atoms with Gasteiger partial charge in [0.15, 0.2) is 0 Å². The van der Waals surface area contributed by atoms with E-state index in [2.05, 4.69) is 6.07 Å². The third-order valence-electron chi connectivity index (χ3n) is 3.17. The second kappa shape index (κ2) is 6.78. The molecule has 2 rings (SSSR count). The molecule has 2 aromatic carbocycles. The number of nitrogens with zero attached hydrogens (tertiary/aromatic N) is 1. The standard InChI is InChI=1S/C17H17NO3/c1-12(19)14-4-6-16(7-5-14)21-11-15-9-13(10-18)3-8-17(15)20-2/h3-9,12,19H,11H2,1-2H3/t12-/m1/s1. The van der Waals surface area contributed by atoms with Crippen LogP contribution in [0.2, 0.25) is 0 Å². The first-order valence-corrected chi connectivity index (χ1v) is 6.62. The van der Waals surface area contributed by atoms with Gasteiger partial charge in [-0.1, -0.05) is 12.1 Å². The summed E-state index contributed by atoms with van der Waals surface area (Å²) in [5, 5.41) is 18.4. The molecule has 0 aliphatic rings. The molecule has 0 radical (unpaired) electrons. The highest BCUT2D eigenvalue weighted by molar-refractivity contribution is 5.42. The molecule has 21 heavy (non-hydrogen) atoms. The zero-order valence-electron chi connectivity index (χ0n) is 12.0. The summed E-state index contributed by atoms with van der Waals surface area (Å²) in [6, 6.07) is 14.6. The summed E-state index contributed by atoms with van der Waals surface area (Å²) in [5.41, 5.74) is 2.22. The number of rotatable bonds is 5. The third kappa shape index (κ3) is 3.74. The molecule has 2 aromatic rings.